The van der Waals surface area contributed by atoms with E-state index in [1.54, 1.807) is 0 Å². The fourth-order valence-electron chi connectivity index (χ4n) is 1.12. The summed E-state index contributed by atoms with van der Waals surface area (Å²) in [4.78, 5) is 11.4. The van der Waals surface area contributed by atoms with Gasteiger partial charge in [-0.05, 0) is 16.0 Å². The second kappa shape index (κ2) is 4.52. The lowest BCUT2D eigenvalue weighted by atomic mass is 10.1. The van der Waals surface area contributed by atoms with E-state index in [1.165, 1.54) is 0 Å². The zero-order valence-electron chi connectivity index (χ0n) is 8.20. The van der Waals surface area contributed by atoms with Gasteiger partial charge in [0.25, 0.3) is 0 Å². The molecule has 0 spiro atoms. The number of nitrogens with zero attached hydrogens (tertiary/aromatic N) is 3. The molecule has 18 heavy (non-hydrogen) atoms. The Morgan fingerprint density at radius 2 is 2.00 bits per heavy atom. The summed E-state index contributed by atoms with van der Waals surface area (Å²) in [5.41, 5.74) is -4.24. The molecule has 0 aromatic carbocycles. The Hall–Kier alpha value is -2.31. The Bertz CT molecular complexity index is 535. The first kappa shape index (κ1) is 13.8. The Morgan fingerprint density at radius 3 is 2.33 bits per heavy atom. The maximum Gasteiger partial charge on any atom is 0.424 e. The van der Waals surface area contributed by atoms with Gasteiger partial charge in [-0.15, -0.1) is 0 Å². The highest BCUT2D eigenvalue weighted by Crippen LogP contribution is 2.37. The van der Waals surface area contributed by atoms with E-state index in [0.717, 1.165) is 6.07 Å². The third-order valence-corrected chi connectivity index (χ3v) is 1.84. The van der Waals surface area contributed by atoms with Gasteiger partial charge in [0.05, 0.1) is 0 Å². The fourth-order valence-corrected chi connectivity index (χ4v) is 1.12. The summed E-state index contributed by atoms with van der Waals surface area (Å²) in [6.45, 7) is 0. The van der Waals surface area contributed by atoms with Crippen molar-refractivity contribution in [2.75, 3.05) is 0 Å². The average molecular weight is 267 g/mol. The minimum atomic E-state index is -5.17. The van der Waals surface area contributed by atoms with E-state index in [2.05, 4.69) is 4.98 Å². The number of alkyl halides is 5. The van der Waals surface area contributed by atoms with Gasteiger partial charge in [0.1, 0.15) is 11.6 Å². The van der Waals surface area contributed by atoms with Crippen LogP contribution >= 0.6 is 0 Å². The molecule has 0 bridgehead atoms. The zero-order valence-corrected chi connectivity index (χ0v) is 8.20. The van der Waals surface area contributed by atoms with Crippen LogP contribution in [0.25, 0.3) is 0 Å². The van der Waals surface area contributed by atoms with E-state index in [-0.39, 0.29) is 6.07 Å². The second-order valence-corrected chi connectivity index (χ2v) is 2.96. The van der Waals surface area contributed by atoms with Crippen LogP contribution in [0, 0.1) is 21.4 Å². The van der Waals surface area contributed by atoms with Gasteiger partial charge in [-0.1, -0.05) is 0 Å². The molecule has 1 heterocycles. The van der Waals surface area contributed by atoms with Crippen molar-refractivity contribution < 1.29 is 26.9 Å². The Balaban J connectivity index is 3.64. The first-order valence-corrected chi connectivity index (χ1v) is 4.13. The molecule has 1 aromatic rings. The maximum absolute atomic E-state index is 12.4. The summed E-state index contributed by atoms with van der Waals surface area (Å²) >= 11 is 0. The van der Waals surface area contributed by atoms with Gasteiger partial charge in [-0.25, -0.2) is 8.78 Å². The van der Waals surface area contributed by atoms with Gasteiger partial charge in [-0.2, -0.15) is 18.4 Å². The van der Waals surface area contributed by atoms with E-state index < -0.39 is 40.2 Å². The van der Waals surface area contributed by atoms with Crippen molar-refractivity contribution in [2.24, 2.45) is 0 Å². The second-order valence-electron chi connectivity index (χ2n) is 2.96. The Morgan fingerprint density at radius 1 is 1.44 bits per heavy atom. The minimum Gasteiger partial charge on any atom is -0.358 e. The maximum atomic E-state index is 12.4. The van der Waals surface area contributed by atoms with Gasteiger partial charge >= 0.3 is 18.4 Å². The number of aromatic nitrogens is 1. The number of halogens is 5. The molecule has 0 aliphatic carbocycles. The summed E-state index contributed by atoms with van der Waals surface area (Å²) in [5.74, 6) is -1.75. The molecule has 0 radical (unpaired) electrons. The molecule has 0 amide bonds. The lowest BCUT2D eigenvalue weighted by Crippen LogP contribution is -2.13. The molecule has 0 unspecified atom stereocenters. The molecule has 0 aliphatic rings. The smallest absolute Gasteiger partial charge is 0.358 e. The lowest BCUT2D eigenvalue weighted by Gasteiger charge is -2.08. The molecule has 0 fully saturated rings. The van der Waals surface area contributed by atoms with Crippen molar-refractivity contribution in [3.63, 3.8) is 0 Å². The zero-order chi connectivity index (χ0) is 14.1. The first-order valence-electron chi connectivity index (χ1n) is 4.13. The Labute approximate surface area is 95.6 Å². The summed E-state index contributed by atoms with van der Waals surface area (Å²) in [5, 5.41) is 18.8. The molecular formula is C8H2F5N3O2. The number of pyridine rings is 1. The van der Waals surface area contributed by atoms with Crippen LogP contribution in [0.5, 0.6) is 0 Å². The summed E-state index contributed by atoms with van der Waals surface area (Å²) in [6, 6.07) is 1.08. The van der Waals surface area contributed by atoms with Gasteiger partial charge in [0, 0.05) is 0 Å². The standard InChI is InChI=1S/C8H2F5N3O2/c9-6(10)5-3(2-14)1-4(8(11,12)13)7(15-5)16(17)18/h1,6H. The van der Waals surface area contributed by atoms with Crippen LogP contribution in [0.2, 0.25) is 0 Å². The van der Waals surface area contributed by atoms with Crippen molar-refractivity contribution in [1.29, 1.82) is 5.26 Å². The van der Waals surface area contributed by atoms with Crippen molar-refractivity contribution in [1.82, 2.24) is 4.98 Å². The van der Waals surface area contributed by atoms with E-state index in [1.807, 2.05) is 0 Å². The number of nitro groups is 1. The molecule has 0 saturated heterocycles. The molecule has 96 valence electrons. The molecule has 5 nitrogen and oxygen atoms in total. The fraction of sp³-hybridized carbons (Fsp3) is 0.250. The highest BCUT2D eigenvalue weighted by atomic mass is 19.4. The van der Waals surface area contributed by atoms with E-state index in [9.17, 15) is 32.1 Å². The molecule has 1 aromatic heterocycles. The van der Waals surface area contributed by atoms with Crippen molar-refractivity contribution in [3.05, 3.63) is 33.0 Å². The van der Waals surface area contributed by atoms with E-state index >= 15 is 0 Å². The molecular weight excluding hydrogens is 265 g/mol. The van der Waals surface area contributed by atoms with Gasteiger partial charge in [0.15, 0.2) is 5.56 Å². The lowest BCUT2D eigenvalue weighted by molar-refractivity contribution is -0.393. The molecule has 0 saturated carbocycles. The SMILES string of the molecule is N#Cc1cc(C(F)(F)F)c([N+](=O)[O-])nc1C(F)F. The topological polar surface area (TPSA) is 79.8 Å². The molecule has 0 aliphatic heterocycles. The van der Waals surface area contributed by atoms with Crippen LogP contribution in [0.4, 0.5) is 27.8 Å². The van der Waals surface area contributed by atoms with Crippen LogP contribution in [-0.2, 0) is 6.18 Å². The van der Waals surface area contributed by atoms with Crippen molar-refractivity contribution in [2.45, 2.75) is 12.6 Å². The number of nitriles is 1. The minimum absolute atomic E-state index is 0.00731. The number of hydrogen-bond acceptors (Lipinski definition) is 4. The quantitative estimate of drug-likeness (QED) is 0.468. The highest BCUT2D eigenvalue weighted by molar-refractivity contribution is 5.46. The monoisotopic (exact) mass is 267 g/mol. The van der Waals surface area contributed by atoms with Crippen LogP contribution in [0.3, 0.4) is 0 Å². The van der Waals surface area contributed by atoms with Gasteiger partial charge in [-0.3, -0.25) is 0 Å². The van der Waals surface area contributed by atoms with Crippen LogP contribution < -0.4 is 0 Å². The number of hydrogen-bond donors (Lipinski definition) is 0. The average Bonchev–Trinajstić information content (AvgIpc) is 2.25. The number of rotatable bonds is 2. The highest BCUT2D eigenvalue weighted by Gasteiger charge is 2.42. The normalized spacial score (nSPS) is 11.4. The van der Waals surface area contributed by atoms with Gasteiger partial charge < -0.3 is 10.1 Å². The van der Waals surface area contributed by atoms with E-state index in [4.69, 9.17) is 5.26 Å². The predicted octanol–water partition coefficient (Wildman–Crippen LogP) is 2.82. The third kappa shape index (κ3) is 2.50. The summed E-state index contributed by atoms with van der Waals surface area (Å²) in [7, 11) is 0. The Kier molecular flexibility index (Phi) is 3.45. The molecule has 1 rings (SSSR count). The largest absolute Gasteiger partial charge is 0.424 e. The molecule has 0 atom stereocenters. The van der Waals surface area contributed by atoms with Gasteiger partial charge in [0.2, 0.25) is 5.69 Å². The molecule has 0 N–H and O–H groups in total. The van der Waals surface area contributed by atoms with Crippen LogP contribution in [0.1, 0.15) is 23.2 Å². The van der Waals surface area contributed by atoms with E-state index in [0.29, 0.717) is 0 Å². The first-order chi connectivity index (χ1) is 8.18. The summed E-state index contributed by atoms with van der Waals surface area (Å²) < 4.78 is 62.0. The predicted molar refractivity (Wildman–Crippen MR) is 45.6 cm³/mol. The van der Waals surface area contributed by atoms with Crippen molar-refractivity contribution in [3.8, 4) is 6.07 Å². The molecule has 10 heteroatoms. The van der Waals surface area contributed by atoms with Crippen LogP contribution in [-0.4, -0.2) is 9.91 Å². The third-order valence-electron chi connectivity index (χ3n) is 1.84. The summed E-state index contributed by atoms with van der Waals surface area (Å²) in [6.07, 6.45) is -8.55. The van der Waals surface area contributed by atoms with Crippen molar-refractivity contribution >= 4 is 5.82 Å². The van der Waals surface area contributed by atoms with Crippen LogP contribution in [0.15, 0.2) is 6.07 Å².